The van der Waals surface area contributed by atoms with Crippen molar-refractivity contribution in [2.45, 2.75) is 26.3 Å². The largest absolute Gasteiger partial charge is 0.360 e. The van der Waals surface area contributed by atoms with Crippen molar-refractivity contribution in [3.63, 3.8) is 0 Å². The van der Waals surface area contributed by atoms with Crippen molar-refractivity contribution in [1.29, 1.82) is 0 Å². The van der Waals surface area contributed by atoms with Crippen LogP contribution < -0.4 is 10.6 Å². The van der Waals surface area contributed by atoms with E-state index in [1.54, 1.807) is 17.1 Å². The van der Waals surface area contributed by atoms with Crippen LogP contribution in [0.25, 0.3) is 0 Å². The molecule has 0 fully saturated rings. The third-order valence-electron chi connectivity index (χ3n) is 2.47. The zero-order chi connectivity index (χ0) is 14.2. The van der Waals surface area contributed by atoms with Gasteiger partial charge in [-0.15, -0.1) is 15.3 Å². The average Bonchev–Trinajstić information content (AvgIpc) is 3.12. The molecule has 2 aromatic heterocycles. The van der Waals surface area contributed by atoms with E-state index in [4.69, 9.17) is 0 Å². The number of carbonyl (C=O) groups is 1. The van der Waals surface area contributed by atoms with E-state index in [-0.39, 0.29) is 5.91 Å². The van der Waals surface area contributed by atoms with Gasteiger partial charge in [0.25, 0.3) is 5.91 Å². The van der Waals surface area contributed by atoms with Crippen LogP contribution in [-0.2, 0) is 6.54 Å². The molecule has 0 aromatic carbocycles. The minimum atomic E-state index is -0.189. The average molecular weight is 295 g/mol. The molecule has 108 valence electrons. The number of anilines is 1. The first-order valence-electron chi connectivity index (χ1n) is 6.49. The minimum absolute atomic E-state index is 0.189. The second kappa shape index (κ2) is 7.53. The number of aromatic nitrogens is 5. The molecule has 0 unspecified atom stereocenters. The summed E-state index contributed by atoms with van der Waals surface area (Å²) in [5.74, 6) is -0.189. The molecule has 2 N–H and O–H groups in total. The quantitative estimate of drug-likeness (QED) is 0.698. The highest BCUT2D eigenvalue weighted by Crippen LogP contribution is 2.14. The first-order valence-corrected chi connectivity index (χ1v) is 7.31. The number of amides is 1. The number of hydrogen-bond acceptors (Lipinski definition) is 7. The van der Waals surface area contributed by atoms with Gasteiger partial charge in [0.2, 0.25) is 10.1 Å². The predicted molar refractivity (Wildman–Crippen MR) is 75.7 cm³/mol. The third-order valence-corrected chi connectivity index (χ3v) is 3.35. The topological polar surface area (TPSA) is 97.6 Å². The van der Waals surface area contributed by atoms with Crippen LogP contribution in [0, 0.1) is 0 Å². The lowest BCUT2D eigenvalue weighted by Gasteiger charge is -2.02. The first kappa shape index (κ1) is 14.4. The van der Waals surface area contributed by atoms with E-state index >= 15 is 0 Å². The maximum atomic E-state index is 11.8. The lowest BCUT2D eigenvalue weighted by Crippen LogP contribution is -2.25. The fourth-order valence-corrected chi connectivity index (χ4v) is 2.17. The molecule has 2 aromatic rings. The molecule has 0 aliphatic carbocycles. The van der Waals surface area contributed by atoms with Crippen LogP contribution in [0.3, 0.4) is 0 Å². The lowest BCUT2D eigenvalue weighted by atomic mass is 10.4. The summed E-state index contributed by atoms with van der Waals surface area (Å²) in [6, 6.07) is 0. The monoisotopic (exact) mass is 295 g/mol. The van der Waals surface area contributed by atoms with Gasteiger partial charge in [0.15, 0.2) is 0 Å². The van der Waals surface area contributed by atoms with E-state index in [0.29, 0.717) is 16.7 Å². The van der Waals surface area contributed by atoms with Crippen molar-refractivity contribution < 1.29 is 4.79 Å². The Balaban J connectivity index is 1.70. The molecule has 0 saturated carbocycles. The van der Waals surface area contributed by atoms with Gasteiger partial charge < -0.3 is 10.6 Å². The summed E-state index contributed by atoms with van der Waals surface area (Å²) in [7, 11) is 0. The molecule has 0 spiro atoms. The molecule has 0 radical (unpaired) electrons. The molecule has 2 rings (SSSR count). The van der Waals surface area contributed by atoms with E-state index in [2.05, 4.69) is 38.1 Å². The molecular formula is C11H17N7OS. The van der Waals surface area contributed by atoms with E-state index in [9.17, 15) is 4.79 Å². The second-order valence-corrected chi connectivity index (χ2v) is 5.09. The van der Waals surface area contributed by atoms with Gasteiger partial charge in [0.05, 0.1) is 6.20 Å². The molecule has 0 atom stereocenters. The van der Waals surface area contributed by atoms with Crippen LogP contribution in [-0.4, -0.2) is 44.2 Å². The molecular weight excluding hydrogens is 278 g/mol. The Morgan fingerprint density at radius 3 is 3.05 bits per heavy atom. The number of carbonyl (C=O) groups excluding carboxylic acids is 1. The summed E-state index contributed by atoms with van der Waals surface area (Å²) < 4.78 is 1.73. The van der Waals surface area contributed by atoms with Crippen molar-refractivity contribution >= 4 is 22.4 Å². The van der Waals surface area contributed by atoms with Crippen LogP contribution in [0.15, 0.2) is 12.4 Å². The Hall–Kier alpha value is -2.03. The lowest BCUT2D eigenvalue weighted by molar-refractivity contribution is 0.0951. The molecule has 0 aliphatic rings. The van der Waals surface area contributed by atoms with Crippen LogP contribution >= 0.6 is 11.3 Å². The number of rotatable bonds is 8. The van der Waals surface area contributed by atoms with Crippen molar-refractivity contribution in [3.8, 4) is 0 Å². The summed E-state index contributed by atoms with van der Waals surface area (Å²) in [6.07, 6.45) is 5.21. The van der Waals surface area contributed by atoms with Crippen molar-refractivity contribution in [3.05, 3.63) is 17.4 Å². The Morgan fingerprint density at radius 2 is 2.30 bits per heavy atom. The van der Waals surface area contributed by atoms with Gasteiger partial charge in [0, 0.05) is 25.8 Å². The van der Waals surface area contributed by atoms with E-state index < -0.39 is 0 Å². The van der Waals surface area contributed by atoms with Gasteiger partial charge in [-0.05, 0) is 12.8 Å². The molecule has 20 heavy (non-hydrogen) atoms. The minimum Gasteiger partial charge on any atom is -0.360 e. The summed E-state index contributed by atoms with van der Waals surface area (Å²) in [5.41, 5.74) is 0. The zero-order valence-electron chi connectivity index (χ0n) is 11.2. The Morgan fingerprint density at radius 1 is 1.40 bits per heavy atom. The fraction of sp³-hybridized carbons (Fsp3) is 0.545. The fourth-order valence-electron chi connectivity index (χ4n) is 1.49. The maximum absolute atomic E-state index is 11.8. The van der Waals surface area contributed by atoms with E-state index in [0.717, 1.165) is 25.9 Å². The van der Waals surface area contributed by atoms with Crippen LogP contribution in [0.1, 0.15) is 29.6 Å². The summed E-state index contributed by atoms with van der Waals surface area (Å²) in [6.45, 7) is 4.18. The van der Waals surface area contributed by atoms with Crippen molar-refractivity contribution in [2.75, 3.05) is 18.4 Å². The van der Waals surface area contributed by atoms with Crippen LogP contribution in [0.4, 0.5) is 5.13 Å². The molecule has 9 heteroatoms. The summed E-state index contributed by atoms with van der Waals surface area (Å²) in [5, 5.41) is 22.3. The van der Waals surface area contributed by atoms with E-state index in [1.165, 1.54) is 11.3 Å². The van der Waals surface area contributed by atoms with Gasteiger partial charge in [-0.3, -0.25) is 9.48 Å². The highest BCUT2D eigenvalue weighted by molar-refractivity contribution is 7.17. The molecule has 0 aliphatic heterocycles. The molecule has 1 amide bonds. The van der Waals surface area contributed by atoms with Crippen LogP contribution in [0.2, 0.25) is 0 Å². The highest BCUT2D eigenvalue weighted by Gasteiger charge is 2.11. The Labute approximate surface area is 120 Å². The number of aryl methyl sites for hydroxylation is 1. The SMILES string of the molecule is CCCNc1nnc(C(=O)NCCCn2ccnn2)s1. The van der Waals surface area contributed by atoms with Gasteiger partial charge in [-0.2, -0.15) is 0 Å². The van der Waals surface area contributed by atoms with Crippen molar-refractivity contribution in [2.24, 2.45) is 0 Å². The summed E-state index contributed by atoms with van der Waals surface area (Å²) in [4.78, 5) is 11.8. The predicted octanol–water partition coefficient (Wildman–Crippen LogP) is 0.772. The highest BCUT2D eigenvalue weighted by atomic mass is 32.1. The number of nitrogens with one attached hydrogen (secondary N) is 2. The normalized spacial score (nSPS) is 10.4. The molecule has 0 saturated heterocycles. The molecule has 8 nitrogen and oxygen atoms in total. The van der Waals surface area contributed by atoms with Gasteiger partial charge in [-0.25, -0.2) is 0 Å². The van der Waals surface area contributed by atoms with Crippen molar-refractivity contribution in [1.82, 2.24) is 30.5 Å². The Kier molecular flexibility index (Phi) is 5.42. The number of hydrogen-bond donors (Lipinski definition) is 2. The number of nitrogens with zero attached hydrogens (tertiary/aromatic N) is 5. The standard InChI is InChI=1S/C11H17N7OS/c1-2-4-13-11-16-15-10(20-11)9(19)12-5-3-7-18-8-6-14-17-18/h6,8H,2-5,7H2,1H3,(H,12,19)(H,13,16). The van der Waals surface area contributed by atoms with Gasteiger partial charge in [-0.1, -0.05) is 23.5 Å². The molecule has 0 bridgehead atoms. The first-order chi connectivity index (χ1) is 9.79. The summed E-state index contributed by atoms with van der Waals surface area (Å²) >= 11 is 1.26. The zero-order valence-corrected chi connectivity index (χ0v) is 12.1. The molecule has 2 heterocycles. The third kappa shape index (κ3) is 4.26. The van der Waals surface area contributed by atoms with Gasteiger partial charge >= 0.3 is 0 Å². The Bertz CT molecular complexity index is 525. The van der Waals surface area contributed by atoms with Gasteiger partial charge in [0.1, 0.15) is 0 Å². The van der Waals surface area contributed by atoms with Crippen LogP contribution in [0.5, 0.6) is 0 Å². The van der Waals surface area contributed by atoms with E-state index in [1.807, 2.05) is 0 Å². The second-order valence-electron chi connectivity index (χ2n) is 4.11. The maximum Gasteiger partial charge on any atom is 0.282 e. The smallest absolute Gasteiger partial charge is 0.282 e.